The van der Waals surface area contributed by atoms with Crippen LogP contribution in [0.25, 0.3) is 0 Å². The van der Waals surface area contributed by atoms with Crippen molar-refractivity contribution >= 4 is 24.0 Å². The second-order valence-corrected chi connectivity index (χ2v) is 7.61. The third-order valence-electron chi connectivity index (χ3n) is 4.74. The Bertz CT molecular complexity index is 992. The van der Waals surface area contributed by atoms with Gasteiger partial charge in [0.2, 0.25) is 0 Å². The maximum Gasteiger partial charge on any atom is 0.255 e. The van der Waals surface area contributed by atoms with Gasteiger partial charge in [0.25, 0.3) is 5.91 Å². The number of pyridine rings is 1. The highest BCUT2D eigenvalue weighted by atomic mass is 35.5. The second-order valence-electron chi connectivity index (χ2n) is 7.61. The van der Waals surface area contributed by atoms with Crippen LogP contribution in [0, 0.1) is 11.7 Å². The summed E-state index contributed by atoms with van der Waals surface area (Å²) in [6, 6.07) is 15.3. The summed E-state index contributed by atoms with van der Waals surface area (Å²) in [5.74, 6) is 0.519. The lowest BCUT2D eigenvalue weighted by Gasteiger charge is -2.20. The van der Waals surface area contributed by atoms with Gasteiger partial charge in [-0.2, -0.15) is 0 Å². The van der Waals surface area contributed by atoms with Crippen LogP contribution in [-0.4, -0.2) is 10.9 Å². The zero-order chi connectivity index (χ0) is 21.5. The molecule has 3 rings (SSSR count). The van der Waals surface area contributed by atoms with E-state index in [-0.39, 0.29) is 30.7 Å². The van der Waals surface area contributed by atoms with E-state index in [2.05, 4.69) is 31.1 Å². The summed E-state index contributed by atoms with van der Waals surface area (Å²) in [4.78, 5) is 17.3. The molecule has 1 aromatic heterocycles. The number of halogens is 2. The smallest absolute Gasteiger partial charge is 0.255 e. The predicted molar refractivity (Wildman–Crippen MR) is 125 cm³/mol. The number of nitrogens with one attached hydrogen (secondary N) is 1. The minimum absolute atomic E-state index is 0. The SMILES string of the molecule is CCc1ncc(NC(=O)c2ccccc2)c(OCc2ccc(F)cc2)c1CC(C)C.Cl. The Morgan fingerprint density at radius 1 is 1.10 bits per heavy atom. The molecular formula is C25H28ClFN2O2. The van der Waals surface area contributed by atoms with Gasteiger partial charge in [0, 0.05) is 16.8 Å². The standard InChI is InChI=1S/C25H27FN2O2.ClH/c1-4-22-21(14-17(2)3)24(30-16-18-10-12-20(26)13-11-18)23(15-27-22)28-25(29)19-8-6-5-7-9-19;/h5-13,15,17H,4,14,16H2,1-3H3,(H,28,29);1H. The van der Waals surface area contributed by atoms with Crippen molar-refractivity contribution in [3.63, 3.8) is 0 Å². The first-order chi connectivity index (χ1) is 14.5. The van der Waals surface area contributed by atoms with Gasteiger partial charge in [-0.05, 0) is 48.6 Å². The van der Waals surface area contributed by atoms with Crippen LogP contribution >= 0.6 is 12.4 Å². The topological polar surface area (TPSA) is 51.2 Å². The number of nitrogens with zero attached hydrogens (tertiary/aromatic N) is 1. The van der Waals surface area contributed by atoms with Gasteiger partial charge in [0.1, 0.15) is 23.9 Å². The van der Waals surface area contributed by atoms with Crippen molar-refractivity contribution in [1.82, 2.24) is 4.98 Å². The first-order valence-corrected chi connectivity index (χ1v) is 10.2. The molecule has 0 saturated carbocycles. The molecule has 0 radical (unpaired) electrons. The van der Waals surface area contributed by atoms with Crippen molar-refractivity contribution in [2.45, 2.75) is 40.2 Å². The van der Waals surface area contributed by atoms with Crippen molar-refractivity contribution in [2.75, 3.05) is 5.32 Å². The number of aromatic nitrogens is 1. The molecule has 1 heterocycles. The molecule has 0 unspecified atom stereocenters. The number of benzene rings is 2. The molecule has 0 atom stereocenters. The molecule has 0 spiro atoms. The fourth-order valence-corrected chi connectivity index (χ4v) is 3.27. The number of aryl methyl sites for hydroxylation is 1. The molecule has 2 aromatic carbocycles. The Kier molecular flexibility index (Phi) is 9.01. The van der Waals surface area contributed by atoms with E-state index in [1.165, 1.54) is 12.1 Å². The number of carbonyl (C=O) groups is 1. The molecule has 4 nitrogen and oxygen atoms in total. The summed E-state index contributed by atoms with van der Waals surface area (Å²) in [7, 11) is 0. The highest BCUT2D eigenvalue weighted by Gasteiger charge is 2.19. The Balaban J connectivity index is 0.00000341. The minimum Gasteiger partial charge on any atom is -0.486 e. The average molecular weight is 443 g/mol. The lowest BCUT2D eigenvalue weighted by atomic mass is 9.98. The monoisotopic (exact) mass is 442 g/mol. The van der Waals surface area contributed by atoms with Crippen molar-refractivity contribution in [3.8, 4) is 5.75 Å². The van der Waals surface area contributed by atoms with Crippen LogP contribution in [-0.2, 0) is 19.4 Å². The van der Waals surface area contributed by atoms with Gasteiger partial charge in [-0.1, -0.05) is 51.1 Å². The van der Waals surface area contributed by atoms with E-state index < -0.39 is 0 Å². The fraction of sp³-hybridized carbons (Fsp3) is 0.280. The molecule has 164 valence electrons. The van der Waals surface area contributed by atoms with E-state index >= 15 is 0 Å². The maximum atomic E-state index is 13.2. The molecule has 0 aliphatic carbocycles. The number of rotatable bonds is 8. The molecule has 0 saturated heterocycles. The molecule has 0 bridgehead atoms. The summed E-state index contributed by atoms with van der Waals surface area (Å²) in [6.45, 7) is 6.60. The van der Waals surface area contributed by atoms with E-state index in [1.807, 2.05) is 18.2 Å². The minimum atomic E-state index is -0.285. The van der Waals surface area contributed by atoms with E-state index in [0.717, 1.165) is 29.7 Å². The van der Waals surface area contributed by atoms with E-state index in [9.17, 15) is 9.18 Å². The van der Waals surface area contributed by atoms with Gasteiger partial charge in [0.15, 0.2) is 0 Å². The first kappa shape index (κ1) is 24.4. The normalized spacial score (nSPS) is 10.5. The number of carbonyl (C=O) groups excluding carboxylic acids is 1. The quantitative estimate of drug-likeness (QED) is 0.449. The maximum absolute atomic E-state index is 13.2. The molecular weight excluding hydrogens is 415 g/mol. The Labute approximate surface area is 189 Å². The van der Waals surface area contributed by atoms with Crippen molar-refractivity contribution in [1.29, 1.82) is 0 Å². The van der Waals surface area contributed by atoms with Crippen molar-refractivity contribution in [2.24, 2.45) is 5.92 Å². The van der Waals surface area contributed by atoms with Gasteiger partial charge in [0.05, 0.1) is 6.20 Å². The number of ether oxygens (including phenoxy) is 1. The van der Waals surface area contributed by atoms with Crippen LogP contribution in [0.15, 0.2) is 60.8 Å². The lowest BCUT2D eigenvalue weighted by Crippen LogP contribution is -2.15. The molecule has 6 heteroatoms. The van der Waals surface area contributed by atoms with Crippen LogP contribution in [0.3, 0.4) is 0 Å². The van der Waals surface area contributed by atoms with Gasteiger partial charge in [-0.15, -0.1) is 12.4 Å². The number of amides is 1. The fourth-order valence-electron chi connectivity index (χ4n) is 3.27. The van der Waals surface area contributed by atoms with Crippen LogP contribution in [0.5, 0.6) is 5.75 Å². The molecule has 0 aliphatic heterocycles. The number of hydrogen-bond donors (Lipinski definition) is 1. The molecule has 1 amide bonds. The van der Waals surface area contributed by atoms with Crippen molar-refractivity contribution in [3.05, 3.63) is 89.0 Å². The molecule has 3 aromatic rings. The van der Waals surface area contributed by atoms with E-state index in [0.29, 0.717) is 22.9 Å². The highest BCUT2D eigenvalue weighted by molar-refractivity contribution is 6.05. The van der Waals surface area contributed by atoms with Gasteiger partial charge in [-0.3, -0.25) is 9.78 Å². The summed E-state index contributed by atoms with van der Waals surface area (Å²) in [5, 5.41) is 2.95. The molecule has 31 heavy (non-hydrogen) atoms. The third-order valence-corrected chi connectivity index (χ3v) is 4.74. The highest BCUT2D eigenvalue weighted by Crippen LogP contribution is 2.34. The number of hydrogen-bond acceptors (Lipinski definition) is 3. The zero-order valence-corrected chi connectivity index (χ0v) is 18.8. The van der Waals surface area contributed by atoms with Gasteiger partial charge in [-0.25, -0.2) is 4.39 Å². The summed E-state index contributed by atoms with van der Waals surface area (Å²) in [5.41, 5.74) is 3.91. The van der Waals surface area contributed by atoms with Gasteiger partial charge >= 0.3 is 0 Å². The Hall–Kier alpha value is -2.92. The molecule has 1 N–H and O–H groups in total. The van der Waals surface area contributed by atoms with E-state index in [1.54, 1.807) is 30.5 Å². The average Bonchev–Trinajstić information content (AvgIpc) is 2.75. The second kappa shape index (κ2) is 11.5. The van der Waals surface area contributed by atoms with Crippen LogP contribution in [0.1, 0.15) is 48.0 Å². The first-order valence-electron chi connectivity index (χ1n) is 10.2. The third kappa shape index (κ3) is 6.53. The van der Waals surface area contributed by atoms with Crippen LogP contribution in [0.4, 0.5) is 10.1 Å². The molecule has 0 fully saturated rings. The van der Waals surface area contributed by atoms with E-state index in [4.69, 9.17) is 4.74 Å². The Morgan fingerprint density at radius 2 is 1.77 bits per heavy atom. The predicted octanol–water partition coefficient (Wildman–Crippen LogP) is 6.23. The summed E-state index contributed by atoms with van der Waals surface area (Å²) in [6.07, 6.45) is 3.20. The summed E-state index contributed by atoms with van der Waals surface area (Å²) < 4.78 is 19.4. The zero-order valence-electron chi connectivity index (χ0n) is 18.0. The molecule has 0 aliphatic rings. The lowest BCUT2D eigenvalue weighted by molar-refractivity contribution is 0.102. The summed E-state index contributed by atoms with van der Waals surface area (Å²) >= 11 is 0. The Morgan fingerprint density at radius 3 is 2.39 bits per heavy atom. The van der Waals surface area contributed by atoms with Crippen LogP contribution < -0.4 is 10.1 Å². The number of anilines is 1. The van der Waals surface area contributed by atoms with Crippen molar-refractivity contribution < 1.29 is 13.9 Å². The largest absolute Gasteiger partial charge is 0.486 e. The van der Waals surface area contributed by atoms with Crippen LogP contribution in [0.2, 0.25) is 0 Å². The van der Waals surface area contributed by atoms with Gasteiger partial charge < -0.3 is 10.1 Å².